The minimum atomic E-state index is -0.552. The molecule has 0 radical (unpaired) electrons. The zero-order valence-electron chi connectivity index (χ0n) is 16.4. The lowest BCUT2D eigenvalue weighted by molar-refractivity contribution is -0.143. The summed E-state index contributed by atoms with van der Waals surface area (Å²) in [5.74, 6) is 0.662. The van der Waals surface area contributed by atoms with Gasteiger partial charge in [0.2, 0.25) is 11.8 Å². The van der Waals surface area contributed by atoms with Crippen molar-refractivity contribution < 1.29 is 9.59 Å². The molecule has 1 aromatic carbocycles. The Morgan fingerprint density at radius 1 is 1.04 bits per heavy atom. The van der Waals surface area contributed by atoms with E-state index in [0.29, 0.717) is 38.5 Å². The van der Waals surface area contributed by atoms with Gasteiger partial charge in [-0.3, -0.25) is 9.59 Å². The van der Waals surface area contributed by atoms with E-state index in [2.05, 4.69) is 0 Å². The predicted octanol–water partition coefficient (Wildman–Crippen LogP) is 2.57. The molecular weight excluding hydrogens is 362 g/mol. The van der Waals surface area contributed by atoms with Crippen LogP contribution in [0.15, 0.2) is 30.3 Å². The van der Waals surface area contributed by atoms with Crippen LogP contribution < -0.4 is 5.73 Å². The molecular formula is C21H32ClN3O2. The summed E-state index contributed by atoms with van der Waals surface area (Å²) in [4.78, 5) is 29.4. The Hall–Kier alpha value is -1.59. The molecule has 1 aliphatic carbocycles. The monoisotopic (exact) mass is 393 g/mol. The first-order chi connectivity index (χ1) is 12.4. The molecule has 2 atom stereocenters. The van der Waals surface area contributed by atoms with E-state index in [0.717, 1.165) is 24.8 Å². The number of carbonyl (C=O) groups is 2. The van der Waals surface area contributed by atoms with Crippen molar-refractivity contribution in [3.8, 4) is 0 Å². The maximum absolute atomic E-state index is 13.0. The highest BCUT2D eigenvalue weighted by molar-refractivity contribution is 5.87. The standard InChI is InChI=1S/C21H31N3O2.ClH/c1-21(2,17-8-4-3-5-9-17)20(26)24-13-11-23(12-14-24)19(25)15-16-7-6-10-18(16)22;/h3-5,8-9,16,18H,6-7,10-15,22H2,1-2H3;1H/t16-,18+;/m0./s1. The van der Waals surface area contributed by atoms with Crippen molar-refractivity contribution in [2.45, 2.75) is 51.0 Å². The average Bonchev–Trinajstić information content (AvgIpc) is 3.06. The molecule has 150 valence electrons. The van der Waals surface area contributed by atoms with E-state index in [-0.39, 0.29) is 30.3 Å². The minimum Gasteiger partial charge on any atom is -0.339 e. The zero-order valence-corrected chi connectivity index (χ0v) is 17.2. The lowest BCUT2D eigenvalue weighted by Crippen LogP contribution is -2.54. The van der Waals surface area contributed by atoms with E-state index in [1.807, 2.05) is 54.0 Å². The van der Waals surface area contributed by atoms with Crippen LogP contribution in [0.2, 0.25) is 0 Å². The fraction of sp³-hybridized carbons (Fsp3) is 0.619. The molecule has 0 bridgehead atoms. The summed E-state index contributed by atoms with van der Waals surface area (Å²) >= 11 is 0. The molecule has 0 aromatic heterocycles. The topological polar surface area (TPSA) is 66.6 Å². The van der Waals surface area contributed by atoms with E-state index in [1.165, 1.54) is 0 Å². The molecule has 2 amide bonds. The lowest BCUT2D eigenvalue weighted by Gasteiger charge is -2.39. The molecule has 2 aliphatic rings. The molecule has 0 unspecified atom stereocenters. The van der Waals surface area contributed by atoms with Crippen LogP contribution in [-0.2, 0) is 15.0 Å². The van der Waals surface area contributed by atoms with E-state index in [4.69, 9.17) is 5.73 Å². The second-order valence-electron chi connectivity index (χ2n) is 8.22. The highest BCUT2D eigenvalue weighted by Gasteiger charge is 2.36. The molecule has 1 heterocycles. The summed E-state index contributed by atoms with van der Waals surface area (Å²) < 4.78 is 0. The molecule has 1 aliphatic heterocycles. The van der Waals surface area contributed by atoms with Crippen molar-refractivity contribution in [2.24, 2.45) is 11.7 Å². The summed E-state index contributed by atoms with van der Waals surface area (Å²) in [6.45, 7) is 6.41. The van der Waals surface area contributed by atoms with Crippen LogP contribution >= 0.6 is 12.4 Å². The van der Waals surface area contributed by atoms with Gasteiger partial charge >= 0.3 is 0 Å². The third-order valence-electron chi connectivity index (χ3n) is 6.10. The average molecular weight is 394 g/mol. The van der Waals surface area contributed by atoms with Crippen LogP contribution in [0.4, 0.5) is 0 Å². The normalized spacial score (nSPS) is 23.1. The van der Waals surface area contributed by atoms with Crippen molar-refractivity contribution in [1.29, 1.82) is 0 Å². The van der Waals surface area contributed by atoms with Gasteiger partial charge in [0.25, 0.3) is 0 Å². The third kappa shape index (κ3) is 4.82. The highest BCUT2D eigenvalue weighted by Crippen LogP contribution is 2.28. The molecule has 3 rings (SSSR count). The van der Waals surface area contributed by atoms with Crippen LogP contribution in [0, 0.1) is 5.92 Å². The lowest BCUT2D eigenvalue weighted by atomic mass is 9.83. The fourth-order valence-corrected chi connectivity index (χ4v) is 4.20. The first-order valence-electron chi connectivity index (χ1n) is 9.78. The van der Waals surface area contributed by atoms with Gasteiger partial charge in [0, 0.05) is 38.6 Å². The predicted molar refractivity (Wildman–Crippen MR) is 110 cm³/mol. The molecule has 6 heteroatoms. The molecule has 0 spiro atoms. The van der Waals surface area contributed by atoms with Crippen molar-refractivity contribution in [1.82, 2.24) is 9.80 Å². The molecule has 2 fully saturated rings. The number of nitrogens with two attached hydrogens (primary N) is 1. The summed E-state index contributed by atoms with van der Waals surface area (Å²) in [7, 11) is 0. The van der Waals surface area contributed by atoms with Gasteiger partial charge in [-0.1, -0.05) is 36.8 Å². The fourth-order valence-electron chi connectivity index (χ4n) is 4.20. The molecule has 5 nitrogen and oxygen atoms in total. The SMILES string of the molecule is CC(C)(C(=O)N1CCN(C(=O)C[C@@H]2CCC[C@H]2N)CC1)c1ccccc1.Cl. The van der Waals surface area contributed by atoms with Crippen LogP contribution in [0.25, 0.3) is 0 Å². The van der Waals surface area contributed by atoms with Gasteiger partial charge < -0.3 is 15.5 Å². The summed E-state index contributed by atoms with van der Waals surface area (Å²) in [6.07, 6.45) is 3.80. The van der Waals surface area contributed by atoms with Gasteiger partial charge in [-0.15, -0.1) is 12.4 Å². The Labute approximate surface area is 168 Å². The Kier molecular flexibility index (Phi) is 7.29. The van der Waals surface area contributed by atoms with Crippen molar-refractivity contribution >= 4 is 24.2 Å². The van der Waals surface area contributed by atoms with Gasteiger partial charge in [-0.25, -0.2) is 0 Å². The summed E-state index contributed by atoms with van der Waals surface area (Å²) in [5.41, 5.74) is 6.57. The number of carbonyl (C=O) groups excluding carboxylic acids is 2. The Morgan fingerprint density at radius 2 is 1.63 bits per heavy atom. The molecule has 1 saturated heterocycles. The van der Waals surface area contributed by atoms with Crippen molar-refractivity contribution in [3.63, 3.8) is 0 Å². The number of hydrogen-bond acceptors (Lipinski definition) is 3. The number of amides is 2. The second kappa shape index (κ2) is 9.07. The zero-order chi connectivity index (χ0) is 18.7. The van der Waals surface area contributed by atoms with Gasteiger partial charge in [-0.05, 0) is 38.2 Å². The van der Waals surface area contributed by atoms with Crippen LogP contribution in [0.5, 0.6) is 0 Å². The van der Waals surface area contributed by atoms with Crippen molar-refractivity contribution in [3.05, 3.63) is 35.9 Å². The minimum absolute atomic E-state index is 0. The smallest absolute Gasteiger partial charge is 0.232 e. The number of rotatable bonds is 4. The van der Waals surface area contributed by atoms with E-state index >= 15 is 0 Å². The van der Waals surface area contributed by atoms with Crippen molar-refractivity contribution in [2.75, 3.05) is 26.2 Å². The Balaban J connectivity index is 0.00000261. The van der Waals surface area contributed by atoms with E-state index in [9.17, 15) is 9.59 Å². The Bertz CT molecular complexity index is 642. The molecule has 2 N–H and O–H groups in total. The molecule has 27 heavy (non-hydrogen) atoms. The van der Waals surface area contributed by atoms with Gasteiger partial charge in [0.1, 0.15) is 0 Å². The molecule has 1 saturated carbocycles. The maximum atomic E-state index is 13.0. The van der Waals surface area contributed by atoms with E-state index < -0.39 is 5.41 Å². The third-order valence-corrected chi connectivity index (χ3v) is 6.10. The first-order valence-corrected chi connectivity index (χ1v) is 9.78. The van der Waals surface area contributed by atoms with Crippen LogP contribution in [0.3, 0.4) is 0 Å². The largest absolute Gasteiger partial charge is 0.339 e. The highest BCUT2D eigenvalue weighted by atomic mass is 35.5. The number of nitrogens with zero attached hydrogens (tertiary/aromatic N) is 2. The first kappa shape index (κ1) is 21.7. The Morgan fingerprint density at radius 3 is 2.19 bits per heavy atom. The van der Waals surface area contributed by atoms with E-state index in [1.54, 1.807) is 0 Å². The quantitative estimate of drug-likeness (QED) is 0.854. The number of hydrogen-bond donors (Lipinski definition) is 1. The van der Waals surface area contributed by atoms with Gasteiger partial charge in [0.05, 0.1) is 5.41 Å². The number of benzene rings is 1. The second-order valence-corrected chi connectivity index (χ2v) is 8.22. The summed E-state index contributed by atoms with van der Waals surface area (Å²) in [6, 6.07) is 10.1. The van der Waals surface area contributed by atoms with Gasteiger partial charge in [0.15, 0.2) is 0 Å². The number of piperazine rings is 1. The van der Waals surface area contributed by atoms with Crippen LogP contribution in [0.1, 0.15) is 45.1 Å². The van der Waals surface area contributed by atoms with Crippen LogP contribution in [-0.4, -0.2) is 53.8 Å². The molecule has 1 aromatic rings. The van der Waals surface area contributed by atoms with Gasteiger partial charge in [-0.2, -0.15) is 0 Å². The number of halogens is 1. The summed E-state index contributed by atoms with van der Waals surface area (Å²) in [5, 5.41) is 0. The maximum Gasteiger partial charge on any atom is 0.232 e.